The number of benzene rings is 3. The molecule has 0 spiro atoms. The topological polar surface area (TPSA) is 59.2 Å². The summed E-state index contributed by atoms with van der Waals surface area (Å²) >= 11 is 0. The molecule has 0 aliphatic carbocycles. The lowest BCUT2D eigenvalue weighted by Gasteiger charge is -2.20. The minimum absolute atomic E-state index is 0.312. The van der Waals surface area contributed by atoms with Crippen LogP contribution in [-0.2, 0) is 9.84 Å². The monoisotopic (exact) mass is 405 g/mol. The molecule has 4 aromatic rings. The predicted molar refractivity (Wildman–Crippen MR) is 116 cm³/mol. The van der Waals surface area contributed by atoms with Crippen molar-refractivity contribution in [3.63, 3.8) is 0 Å². The van der Waals surface area contributed by atoms with Crippen LogP contribution in [0.2, 0.25) is 0 Å². The molecule has 148 valence electrons. The number of aryl methyl sites for hydroxylation is 2. The summed E-state index contributed by atoms with van der Waals surface area (Å²) in [5.41, 5.74) is 4.29. The Balaban J connectivity index is 1.97. The molecule has 0 radical (unpaired) electrons. The van der Waals surface area contributed by atoms with Crippen LogP contribution >= 0.6 is 0 Å². The Hall–Kier alpha value is -3.05. The zero-order chi connectivity index (χ0) is 20.6. The fourth-order valence-corrected chi connectivity index (χ4v) is 5.59. The molecule has 1 aromatic heterocycles. The number of hydrogen-bond acceptors (Lipinski definition) is 3. The number of H-pyrrole nitrogens is 1. The average Bonchev–Trinajstić information content (AvgIpc) is 3.12. The third-order valence-electron chi connectivity index (χ3n) is 5.29. The van der Waals surface area contributed by atoms with Gasteiger partial charge in [0.15, 0.2) is 9.84 Å². The lowest BCUT2D eigenvalue weighted by atomic mass is 10.0. The Morgan fingerprint density at radius 2 is 1.66 bits per heavy atom. The van der Waals surface area contributed by atoms with E-state index in [0.29, 0.717) is 10.5 Å². The largest absolute Gasteiger partial charge is 0.496 e. The summed E-state index contributed by atoms with van der Waals surface area (Å²) in [6.45, 7) is 3.87. The number of aromatic amines is 1. The van der Waals surface area contributed by atoms with Gasteiger partial charge in [0.2, 0.25) is 0 Å². The van der Waals surface area contributed by atoms with Gasteiger partial charge in [-0.05, 0) is 49.2 Å². The smallest absolute Gasteiger partial charge is 0.189 e. The molecule has 5 heteroatoms. The molecule has 0 aliphatic rings. The Bertz CT molecular complexity index is 1270. The highest BCUT2D eigenvalue weighted by Gasteiger charge is 2.33. The summed E-state index contributed by atoms with van der Waals surface area (Å²) in [6, 6.07) is 20.4. The molecular weight excluding hydrogens is 382 g/mol. The molecule has 0 aliphatic heterocycles. The van der Waals surface area contributed by atoms with Gasteiger partial charge >= 0.3 is 0 Å². The standard InChI is InChI=1S/C24H23NO3S/c1-16-8-11-19(12-9-16)29(26,27)24(18-10-13-23(28-3)17(2)14-18)21-15-25-22-7-5-4-6-20(21)22/h4-15,24-25H,1-3H3. The number of sulfone groups is 1. The van der Waals surface area contributed by atoms with E-state index in [4.69, 9.17) is 4.74 Å². The van der Waals surface area contributed by atoms with E-state index in [9.17, 15) is 8.42 Å². The molecule has 29 heavy (non-hydrogen) atoms. The van der Waals surface area contributed by atoms with Crippen molar-refractivity contribution in [2.75, 3.05) is 7.11 Å². The first-order valence-electron chi connectivity index (χ1n) is 9.43. The van der Waals surface area contributed by atoms with Crippen LogP contribution < -0.4 is 4.74 Å². The van der Waals surface area contributed by atoms with Crippen LogP contribution in [0, 0.1) is 13.8 Å². The predicted octanol–water partition coefficient (Wildman–Crippen LogP) is 5.36. The molecule has 1 unspecified atom stereocenters. The molecule has 0 saturated carbocycles. The Labute approximate surface area is 171 Å². The van der Waals surface area contributed by atoms with Crippen LogP contribution in [0.3, 0.4) is 0 Å². The SMILES string of the molecule is COc1ccc(C(c2c[nH]c3ccccc23)S(=O)(=O)c2ccc(C)cc2)cc1C. The summed E-state index contributed by atoms with van der Waals surface area (Å²) < 4.78 is 33.0. The van der Waals surface area contributed by atoms with Gasteiger partial charge in [0.25, 0.3) is 0 Å². The first-order chi connectivity index (χ1) is 13.9. The van der Waals surface area contributed by atoms with Gasteiger partial charge in [-0.1, -0.05) is 48.0 Å². The number of ether oxygens (including phenoxy) is 1. The highest BCUT2D eigenvalue weighted by atomic mass is 32.2. The fourth-order valence-electron chi connectivity index (χ4n) is 3.77. The van der Waals surface area contributed by atoms with Gasteiger partial charge in [-0.25, -0.2) is 8.42 Å². The summed E-state index contributed by atoms with van der Waals surface area (Å²) in [6.07, 6.45) is 1.81. The number of methoxy groups -OCH3 is 1. The van der Waals surface area contributed by atoms with Gasteiger partial charge in [0.1, 0.15) is 11.0 Å². The highest BCUT2D eigenvalue weighted by molar-refractivity contribution is 7.92. The maximum Gasteiger partial charge on any atom is 0.189 e. The van der Waals surface area contributed by atoms with E-state index in [2.05, 4.69) is 4.98 Å². The normalized spacial score (nSPS) is 12.8. The number of fused-ring (bicyclic) bond motifs is 1. The van der Waals surface area contributed by atoms with Crippen LogP contribution in [0.1, 0.15) is 27.5 Å². The Kier molecular flexibility index (Phi) is 4.92. The summed E-state index contributed by atoms with van der Waals surface area (Å²) in [5, 5.41) is 0.0765. The number of rotatable bonds is 5. The molecule has 1 atom stereocenters. The summed E-state index contributed by atoms with van der Waals surface area (Å²) in [5.74, 6) is 0.735. The van der Waals surface area contributed by atoms with Gasteiger partial charge in [0, 0.05) is 22.7 Å². The lowest BCUT2D eigenvalue weighted by Crippen LogP contribution is -2.15. The van der Waals surface area contributed by atoms with Crippen LogP contribution in [0.15, 0.2) is 77.8 Å². The molecule has 1 N–H and O–H groups in total. The van der Waals surface area contributed by atoms with E-state index in [1.807, 2.05) is 68.4 Å². The number of hydrogen-bond donors (Lipinski definition) is 1. The maximum absolute atomic E-state index is 13.8. The van der Waals surface area contributed by atoms with E-state index in [1.54, 1.807) is 25.4 Å². The third kappa shape index (κ3) is 3.42. The third-order valence-corrected chi connectivity index (χ3v) is 7.36. The molecular formula is C24H23NO3S. The van der Waals surface area contributed by atoms with Crippen LogP contribution in [0.25, 0.3) is 10.9 Å². The van der Waals surface area contributed by atoms with Crippen LogP contribution in [0.4, 0.5) is 0 Å². The van der Waals surface area contributed by atoms with Gasteiger partial charge in [-0.2, -0.15) is 0 Å². The van der Waals surface area contributed by atoms with Gasteiger partial charge in [-0.3, -0.25) is 0 Å². The highest BCUT2D eigenvalue weighted by Crippen LogP contribution is 2.39. The minimum atomic E-state index is -3.68. The summed E-state index contributed by atoms with van der Waals surface area (Å²) in [4.78, 5) is 3.53. The number of aromatic nitrogens is 1. The van der Waals surface area contributed by atoms with Crippen molar-refractivity contribution < 1.29 is 13.2 Å². The first kappa shape index (κ1) is 19.3. The Morgan fingerprint density at radius 3 is 2.34 bits per heavy atom. The molecule has 0 bridgehead atoms. The van der Waals surface area contributed by atoms with Crippen LogP contribution in [-0.4, -0.2) is 20.5 Å². The van der Waals surface area contributed by atoms with E-state index in [-0.39, 0.29) is 0 Å². The number of nitrogens with one attached hydrogen (secondary N) is 1. The van der Waals surface area contributed by atoms with Crippen molar-refractivity contribution in [2.45, 2.75) is 24.0 Å². The molecule has 1 heterocycles. The van der Waals surface area contributed by atoms with Crippen molar-refractivity contribution in [3.8, 4) is 5.75 Å². The van der Waals surface area contributed by atoms with E-state index < -0.39 is 15.1 Å². The molecule has 4 rings (SSSR count). The van der Waals surface area contributed by atoms with Crippen molar-refractivity contribution in [2.24, 2.45) is 0 Å². The molecule has 0 fully saturated rings. The quantitative estimate of drug-likeness (QED) is 0.486. The van der Waals surface area contributed by atoms with Crippen molar-refractivity contribution in [1.82, 2.24) is 4.98 Å². The maximum atomic E-state index is 13.8. The second-order valence-electron chi connectivity index (χ2n) is 7.26. The van der Waals surface area contributed by atoms with Crippen molar-refractivity contribution >= 4 is 20.7 Å². The van der Waals surface area contributed by atoms with Crippen LogP contribution in [0.5, 0.6) is 5.75 Å². The van der Waals surface area contributed by atoms with Gasteiger partial charge in [-0.15, -0.1) is 0 Å². The zero-order valence-corrected chi connectivity index (χ0v) is 17.5. The first-order valence-corrected chi connectivity index (χ1v) is 11.0. The van der Waals surface area contributed by atoms with E-state index >= 15 is 0 Å². The lowest BCUT2D eigenvalue weighted by molar-refractivity contribution is 0.411. The van der Waals surface area contributed by atoms with E-state index in [0.717, 1.165) is 33.3 Å². The Morgan fingerprint density at radius 1 is 0.931 bits per heavy atom. The minimum Gasteiger partial charge on any atom is -0.496 e. The second kappa shape index (κ2) is 7.41. The molecule has 4 nitrogen and oxygen atoms in total. The fraction of sp³-hybridized carbons (Fsp3) is 0.167. The molecule has 0 saturated heterocycles. The summed E-state index contributed by atoms with van der Waals surface area (Å²) in [7, 11) is -2.07. The average molecular weight is 406 g/mol. The zero-order valence-electron chi connectivity index (χ0n) is 16.6. The van der Waals surface area contributed by atoms with Crippen molar-refractivity contribution in [3.05, 3.63) is 95.2 Å². The number of para-hydroxylation sites is 1. The van der Waals surface area contributed by atoms with Gasteiger partial charge in [0.05, 0.1) is 12.0 Å². The second-order valence-corrected chi connectivity index (χ2v) is 9.29. The molecule has 0 amide bonds. The van der Waals surface area contributed by atoms with Gasteiger partial charge < -0.3 is 9.72 Å². The molecule has 3 aromatic carbocycles. The van der Waals surface area contributed by atoms with E-state index in [1.165, 1.54) is 0 Å². The van der Waals surface area contributed by atoms with Crippen molar-refractivity contribution in [1.29, 1.82) is 0 Å².